The third-order valence-electron chi connectivity index (χ3n) is 3.46. The Kier molecular flexibility index (Phi) is 4.43. The third-order valence-corrected chi connectivity index (χ3v) is 3.46. The lowest BCUT2D eigenvalue weighted by Gasteiger charge is -2.14. The normalized spacial score (nSPS) is 17.5. The summed E-state index contributed by atoms with van der Waals surface area (Å²) in [5.41, 5.74) is 2.14. The lowest BCUT2D eigenvalue weighted by atomic mass is 10.1. The first-order valence-electron chi connectivity index (χ1n) is 6.88. The Morgan fingerprint density at radius 2 is 2.26 bits per heavy atom. The van der Waals surface area contributed by atoms with Crippen molar-refractivity contribution in [2.24, 2.45) is 5.92 Å². The van der Waals surface area contributed by atoms with Gasteiger partial charge < -0.3 is 15.7 Å². The van der Waals surface area contributed by atoms with Crippen molar-refractivity contribution >= 4 is 5.91 Å². The fourth-order valence-corrected chi connectivity index (χ4v) is 2.44. The van der Waals surface area contributed by atoms with E-state index < -0.39 is 0 Å². The topological polar surface area (TPSA) is 61.4 Å². The highest BCUT2D eigenvalue weighted by atomic mass is 16.3. The molecule has 0 fully saturated rings. The fourth-order valence-electron chi connectivity index (χ4n) is 2.44. The smallest absolute Gasteiger partial charge is 0.233 e. The van der Waals surface area contributed by atoms with Gasteiger partial charge in [-0.05, 0) is 36.0 Å². The summed E-state index contributed by atoms with van der Waals surface area (Å²) >= 11 is 0. The molecule has 1 amide bonds. The van der Waals surface area contributed by atoms with Gasteiger partial charge in [-0.25, -0.2) is 0 Å². The van der Waals surface area contributed by atoms with E-state index in [9.17, 15) is 9.90 Å². The van der Waals surface area contributed by atoms with Crippen LogP contribution in [-0.2, 0) is 11.2 Å². The Labute approximate surface area is 114 Å². The minimum absolute atomic E-state index is 0.0299. The molecule has 1 aliphatic rings. The molecule has 0 aliphatic heterocycles. The molecule has 4 nitrogen and oxygen atoms in total. The molecular weight excluding hydrogens is 240 g/mol. The highest BCUT2D eigenvalue weighted by Gasteiger charge is 2.24. The Balaban J connectivity index is 1.86. The fraction of sp³-hybridized carbons (Fsp3) is 0.533. The molecule has 1 aromatic carbocycles. The predicted molar refractivity (Wildman–Crippen MR) is 75.0 cm³/mol. The molecule has 2 rings (SSSR count). The van der Waals surface area contributed by atoms with Crippen molar-refractivity contribution in [1.29, 1.82) is 0 Å². The number of rotatable bonds is 5. The Morgan fingerprint density at radius 3 is 3.00 bits per heavy atom. The lowest BCUT2D eigenvalue weighted by molar-refractivity contribution is -0.120. The average Bonchev–Trinajstić information content (AvgIpc) is 2.78. The molecule has 1 unspecified atom stereocenters. The van der Waals surface area contributed by atoms with Crippen LogP contribution >= 0.6 is 0 Å². The van der Waals surface area contributed by atoms with Gasteiger partial charge in [-0.3, -0.25) is 4.79 Å². The molecule has 0 spiro atoms. The van der Waals surface area contributed by atoms with Gasteiger partial charge in [0.15, 0.2) is 0 Å². The number of carbonyl (C=O) groups is 1. The third kappa shape index (κ3) is 3.47. The molecule has 3 N–H and O–H groups in total. The molecule has 19 heavy (non-hydrogen) atoms. The van der Waals surface area contributed by atoms with Crippen LogP contribution in [0.1, 0.15) is 37.4 Å². The summed E-state index contributed by atoms with van der Waals surface area (Å²) in [6.45, 7) is 5.18. The van der Waals surface area contributed by atoms with E-state index in [1.807, 2.05) is 12.1 Å². The number of carbonyl (C=O) groups excluding carboxylic acids is 1. The van der Waals surface area contributed by atoms with Crippen LogP contribution in [0.5, 0.6) is 5.75 Å². The van der Waals surface area contributed by atoms with Crippen molar-refractivity contribution in [2.75, 3.05) is 13.1 Å². The number of hydrogen-bond donors (Lipinski definition) is 3. The largest absolute Gasteiger partial charge is 0.508 e. The molecule has 0 heterocycles. The maximum atomic E-state index is 11.7. The number of amides is 1. The number of nitrogens with one attached hydrogen (secondary N) is 2. The van der Waals surface area contributed by atoms with Crippen LogP contribution in [0.4, 0.5) is 0 Å². The number of hydrogen-bond acceptors (Lipinski definition) is 3. The Morgan fingerprint density at radius 1 is 1.47 bits per heavy atom. The van der Waals surface area contributed by atoms with Gasteiger partial charge in [0.05, 0.1) is 6.54 Å². The highest BCUT2D eigenvalue weighted by molar-refractivity contribution is 5.78. The minimum atomic E-state index is 0.0299. The summed E-state index contributed by atoms with van der Waals surface area (Å²) < 4.78 is 0. The highest BCUT2D eigenvalue weighted by Crippen LogP contribution is 2.35. The summed E-state index contributed by atoms with van der Waals surface area (Å²) in [6, 6.07) is 5.77. The number of aromatic hydroxyl groups is 1. The van der Waals surface area contributed by atoms with Crippen LogP contribution < -0.4 is 10.6 Å². The summed E-state index contributed by atoms with van der Waals surface area (Å²) in [5, 5.41) is 15.9. The van der Waals surface area contributed by atoms with Crippen LogP contribution in [0, 0.1) is 5.92 Å². The van der Waals surface area contributed by atoms with E-state index in [0.29, 0.717) is 24.8 Å². The zero-order valence-electron chi connectivity index (χ0n) is 11.6. The maximum absolute atomic E-state index is 11.7. The average molecular weight is 262 g/mol. The summed E-state index contributed by atoms with van der Waals surface area (Å²) in [7, 11) is 0. The lowest BCUT2D eigenvalue weighted by Crippen LogP contribution is -2.36. The van der Waals surface area contributed by atoms with Crippen molar-refractivity contribution in [3.63, 3.8) is 0 Å². The zero-order valence-corrected chi connectivity index (χ0v) is 11.6. The first-order valence-corrected chi connectivity index (χ1v) is 6.88. The maximum Gasteiger partial charge on any atom is 0.233 e. The van der Waals surface area contributed by atoms with E-state index in [2.05, 4.69) is 24.5 Å². The molecular formula is C15H22N2O2. The van der Waals surface area contributed by atoms with E-state index >= 15 is 0 Å². The first-order chi connectivity index (χ1) is 9.08. The molecule has 1 aliphatic carbocycles. The van der Waals surface area contributed by atoms with E-state index in [1.165, 1.54) is 0 Å². The van der Waals surface area contributed by atoms with Gasteiger partial charge in [-0.15, -0.1) is 0 Å². The van der Waals surface area contributed by atoms with Gasteiger partial charge in [0.1, 0.15) is 5.75 Å². The SMILES string of the molecule is CC(C)CNC(=O)CNC1CCc2c(O)cccc21. The Bertz CT molecular complexity index is 457. The summed E-state index contributed by atoms with van der Waals surface area (Å²) in [6.07, 6.45) is 1.80. The summed E-state index contributed by atoms with van der Waals surface area (Å²) in [4.78, 5) is 11.7. The van der Waals surface area contributed by atoms with Crippen molar-refractivity contribution in [3.8, 4) is 5.75 Å². The predicted octanol–water partition coefficient (Wildman–Crippen LogP) is 1.74. The molecule has 0 aromatic heterocycles. The second-order valence-electron chi connectivity index (χ2n) is 5.52. The second-order valence-corrected chi connectivity index (χ2v) is 5.52. The molecule has 0 radical (unpaired) electrons. The number of phenols is 1. The van der Waals surface area contributed by atoms with Crippen molar-refractivity contribution in [3.05, 3.63) is 29.3 Å². The molecule has 104 valence electrons. The van der Waals surface area contributed by atoms with E-state index in [1.54, 1.807) is 6.07 Å². The van der Waals surface area contributed by atoms with Gasteiger partial charge in [0, 0.05) is 12.6 Å². The molecule has 1 aromatic rings. The first kappa shape index (κ1) is 13.9. The van der Waals surface area contributed by atoms with Crippen LogP contribution in [0.2, 0.25) is 0 Å². The van der Waals surface area contributed by atoms with E-state index in [4.69, 9.17) is 0 Å². The molecule has 0 saturated heterocycles. The number of phenolic OH excluding ortho intramolecular Hbond substituents is 1. The van der Waals surface area contributed by atoms with Gasteiger partial charge in [0.2, 0.25) is 5.91 Å². The van der Waals surface area contributed by atoms with Crippen LogP contribution in [0.15, 0.2) is 18.2 Å². The van der Waals surface area contributed by atoms with Crippen molar-refractivity contribution in [1.82, 2.24) is 10.6 Å². The van der Waals surface area contributed by atoms with Crippen molar-refractivity contribution in [2.45, 2.75) is 32.7 Å². The van der Waals surface area contributed by atoms with Gasteiger partial charge in [-0.2, -0.15) is 0 Å². The zero-order chi connectivity index (χ0) is 13.8. The monoisotopic (exact) mass is 262 g/mol. The quantitative estimate of drug-likeness (QED) is 0.757. The molecule has 4 heteroatoms. The van der Waals surface area contributed by atoms with E-state index in [-0.39, 0.29) is 11.9 Å². The molecule has 1 atom stereocenters. The van der Waals surface area contributed by atoms with Crippen LogP contribution in [0.25, 0.3) is 0 Å². The molecule has 0 bridgehead atoms. The standard InChI is InChI=1S/C15H22N2O2/c1-10(2)8-17-15(19)9-16-13-7-6-12-11(13)4-3-5-14(12)18/h3-5,10,13,16,18H,6-9H2,1-2H3,(H,17,19). The van der Waals surface area contributed by atoms with Crippen molar-refractivity contribution < 1.29 is 9.90 Å². The number of fused-ring (bicyclic) bond motifs is 1. The van der Waals surface area contributed by atoms with Gasteiger partial charge in [-0.1, -0.05) is 26.0 Å². The van der Waals surface area contributed by atoms with Crippen LogP contribution in [0.3, 0.4) is 0 Å². The van der Waals surface area contributed by atoms with Crippen LogP contribution in [-0.4, -0.2) is 24.1 Å². The summed E-state index contributed by atoms with van der Waals surface area (Å²) in [5.74, 6) is 0.862. The van der Waals surface area contributed by atoms with E-state index in [0.717, 1.165) is 24.0 Å². The number of benzene rings is 1. The van der Waals surface area contributed by atoms with Gasteiger partial charge in [0.25, 0.3) is 0 Å². The Hall–Kier alpha value is -1.55. The minimum Gasteiger partial charge on any atom is -0.508 e. The molecule has 0 saturated carbocycles. The second kappa shape index (κ2) is 6.06. The van der Waals surface area contributed by atoms with Gasteiger partial charge >= 0.3 is 0 Å².